The molecule has 1 aromatic carbocycles. The molecule has 0 atom stereocenters. The van der Waals surface area contributed by atoms with Crippen LogP contribution in [-0.4, -0.2) is 30.4 Å². The van der Waals surface area contributed by atoms with E-state index in [1.807, 2.05) is 0 Å². The van der Waals surface area contributed by atoms with Gasteiger partial charge in [-0.25, -0.2) is 4.79 Å². The molecule has 24 heavy (non-hydrogen) atoms. The molecule has 0 radical (unpaired) electrons. The van der Waals surface area contributed by atoms with Gasteiger partial charge in [0.15, 0.2) is 6.61 Å². The van der Waals surface area contributed by atoms with Crippen LogP contribution in [0.25, 0.3) is 0 Å². The number of carbonyl (C=O) groups is 3. The molecule has 0 bridgehead atoms. The van der Waals surface area contributed by atoms with Gasteiger partial charge in [0.2, 0.25) is 0 Å². The summed E-state index contributed by atoms with van der Waals surface area (Å²) in [7, 11) is 0. The fourth-order valence-corrected chi connectivity index (χ4v) is 2.69. The molecule has 0 spiro atoms. The summed E-state index contributed by atoms with van der Waals surface area (Å²) in [5.74, 6) is -1.26. The first-order valence-electron chi connectivity index (χ1n) is 7.52. The van der Waals surface area contributed by atoms with Gasteiger partial charge in [0.25, 0.3) is 11.8 Å². The lowest BCUT2D eigenvalue weighted by Crippen LogP contribution is -2.27. The van der Waals surface area contributed by atoms with E-state index >= 15 is 0 Å². The average Bonchev–Trinajstić information content (AvgIpc) is 3.22. The summed E-state index contributed by atoms with van der Waals surface area (Å²) >= 11 is 1.37. The summed E-state index contributed by atoms with van der Waals surface area (Å²) in [5.41, 5.74) is 1.20. The molecule has 0 saturated heterocycles. The Morgan fingerprint density at radius 2 is 1.96 bits per heavy atom. The first kappa shape index (κ1) is 16.2. The van der Waals surface area contributed by atoms with Crippen LogP contribution in [0.15, 0.2) is 41.1 Å². The van der Waals surface area contributed by atoms with Crippen LogP contribution in [0.3, 0.4) is 0 Å². The summed E-state index contributed by atoms with van der Waals surface area (Å²) in [6.07, 6.45) is 1.97. The third-order valence-electron chi connectivity index (χ3n) is 3.45. The Balaban J connectivity index is 1.57. The van der Waals surface area contributed by atoms with Gasteiger partial charge >= 0.3 is 5.97 Å². The first-order valence-corrected chi connectivity index (χ1v) is 8.47. The van der Waals surface area contributed by atoms with E-state index in [4.69, 9.17) is 4.74 Å². The van der Waals surface area contributed by atoms with Crippen LogP contribution in [0, 0.1) is 0 Å². The van der Waals surface area contributed by atoms with Crippen molar-refractivity contribution in [2.45, 2.75) is 18.9 Å². The topological polar surface area (TPSA) is 84.5 Å². The predicted molar refractivity (Wildman–Crippen MR) is 90.2 cm³/mol. The second-order valence-electron chi connectivity index (χ2n) is 5.43. The SMILES string of the molecule is O=C(COC(=O)c1ccsc1)Nc1ccccc1C(=O)NC1CC1. The molecule has 1 aromatic heterocycles. The number of anilines is 1. The second-order valence-corrected chi connectivity index (χ2v) is 6.21. The van der Waals surface area contributed by atoms with E-state index in [0.717, 1.165) is 12.8 Å². The lowest BCUT2D eigenvalue weighted by atomic mass is 10.1. The van der Waals surface area contributed by atoms with E-state index in [2.05, 4.69) is 10.6 Å². The number of esters is 1. The average molecular weight is 344 g/mol. The van der Waals surface area contributed by atoms with Gasteiger partial charge in [-0.1, -0.05) is 12.1 Å². The molecular formula is C17H16N2O4S. The number of thiophene rings is 1. The summed E-state index contributed by atoms with van der Waals surface area (Å²) < 4.78 is 4.95. The molecule has 1 fully saturated rings. The van der Waals surface area contributed by atoms with Crippen LogP contribution in [-0.2, 0) is 9.53 Å². The van der Waals surface area contributed by atoms with Gasteiger partial charge in [-0.05, 0) is 36.4 Å². The molecule has 2 N–H and O–H groups in total. The van der Waals surface area contributed by atoms with Gasteiger partial charge in [0.05, 0.1) is 16.8 Å². The number of amides is 2. The van der Waals surface area contributed by atoms with Crippen molar-refractivity contribution < 1.29 is 19.1 Å². The fourth-order valence-electron chi connectivity index (χ4n) is 2.06. The van der Waals surface area contributed by atoms with E-state index in [-0.39, 0.29) is 11.9 Å². The highest BCUT2D eigenvalue weighted by Gasteiger charge is 2.25. The van der Waals surface area contributed by atoms with Crippen LogP contribution in [0.5, 0.6) is 0 Å². The van der Waals surface area contributed by atoms with Crippen LogP contribution >= 0.6 is 11.3 Å². The minimum Gasteiger partial charge on any atom is -0.452 e. The van der Waals surface area contributed by atoms with E-state index in [1.165, 1.54) is 11.3 Å². The van der Waals surface area contributed by atoms with Gasteiger partial charge < -0.3 is 15.4 Å². The molecule has 2 aromatic rings. The zero-order chi connectivity index (χ0) is 16.9. The first-order chi connectivity index (χ1) is 11.6. The third kappa shape index (κ3) is 4.20. The number of para-hydroxylation sites is 1. The van der Waals surface area contributed by atoms with Crippen molar-refractivity contribution >= 4 is 34.8 Å². The summed E-state index contributed by atoms with van der Waals surface area (Å²) in [6.45, 7) is -0.409. The van der Waals surface area contributed by atoms with E-state index in [9.17, 15) is 14.4 Å². The van der Waals surface area contributed by atoms with Gasteiger partial charge in [-0.3, -0.25) is 9.59 Å². The zero-order valence-electron chi connectivity index (χ0n) is 12.8. The molecule has 2 amide bonds. The molecule has 1 saturated carbocycles. The largest absolute Gasteiger partial charge is 0.452 e. The smallest absolute Gasteiger partial charge is 0.339 e. The lowest BCUT2D eigenvalue weighted by molar-refractivity contribution is -0.119. The number of hydrogen-bond donors (Lipinski definition) is 2. The molecule has 124 valence electrons. The van der Waals surface area contributed by atoms with Gasteiger partial charge in [-0.2, -0.15) is 11.3 Å². The van der Waals surface area contributed by atoms with Crippen molar-refractivity contribution in [2.75, 3.05) is 11.9 Å². The Morgan fingerprint density at radius 1 is 1.17 bits per heavy atom. The maximum atomic E-state index is 12.2. The van der Waals surface area contributed by atoms with Gasteiger partial charge in [0.1, 0.15) is 0 Å². The minimum atomic E-state index is -0.550. The van der Waals surface area contributed by atoms with Crippen molar-refractivity contribution in [3.05, 3.63) is 52.2 Å². The van der Waals surface area contributed by atoms with Crippen LogP contribution in [0.1, 0.15) is 33.6 Å². The number of benzene rings is 1. The van der Waals surface area contributed by atoms with Crippen molar-refractivity contribution in [1.82, 2.24) is 5.32 Å². The van der Waals surface area contributed by atoms with Gasteiger partial charge in [-0.15, -0.1) is 0 Å². The molecular weight excluding hydrogens is 328 g/mol. The molecule has 0 unspecified atom stereocenters. The van der Waals surface area contributed by atoms with Crippen molar-refractivity contribution in [3.8, 4) is 0 Å². The van der Waals surface area contributed by atoms with Gasteiger partial charge in [0, 0.05) is 11.4 Å². The molecule has 6 nitrogen and oxygen atoms in total. The molecule has 1 aliphatic carbocycles. The number of nitrogens with one attached hydrogen (secondary N) is 2. The van der Waals surface area contributed by atoms with Crippen LogP contribution in [0.2, 0.25) is 0 Å². The molecule has 0 aliphatic heterocycles. The molecule has 1 heterocycles. The highest BCUT2D eigenvalue weighted by molar-refractivity contribution is 7.08. The van der Waals surface area contributed by atoms with E-state index < -0.39 is 18.5 Å². The molecule has 3 rings (SSSR count). The van der Waals surface area contributed by atoms with E-state index in [1.54, 1.807) is 41.1 Å². The Morgan fingerprint density at radius 3 is 2.67 bits per heavy atom. The monoisotopic (exact) mass is 344 g/mol. The van der Waals surface area contributed by atoms with Crippen molar-refractivity contribution in [1.29, 1.82) is 0 Å². The Bertz CT molecular complexity index is 754. The lowest BCUT2D eigenvalue weighted by Gasteiger charge is -2.11. The highest BCUT2D eigenvalue weighted by Crippen LogP contribution is 2.21. The Labute approximate surface area is 142 Å². The maximum absolute atomic E-state index is 12.2. The number of hydrogen-bond acceptors (Lipinski definition) is 5. The molecule has 1 aliphatic rings. The normalized spacial score (nSPS) is 13.2. The summed E-state index contributed by atoms with van der Waals surface area (Å²) in [4.78, 5) is 35.9. The third-order valence-corrected chi connectivity index (χ3v) is 4.13. The summed E-state index contributed by atoms with van der Waals surface area (Å²) in [6, 6.07) is 8.59. The van der Waals surface area contributed by atoms with Crippen LogP contribution in [0.4, 0.5) is 5.69 Å². The number of ether oxygens (including phenoxy) is 1. The number of carbonyl (C=O) groups excluding carboxylic acids is 3. The Hall–Kier alpha value is -2.67. The van der Waals surface area contributed by atoms with Crippen molar-refractivity contribution in [2.24, 2.45) is 0 Å². The fraction of sp³-hybridized carbons (Fsp3) is 0.235. The molecule has 7 heteroatoms. The summed E-state index contributed by atoms with van der Waals surface area (Å²) in [5, 5.41) is 8.90. The van der Waals surface area contributed by atoms with E-state index in [0.29, 0.717) is 16.8 Å². The highest BCUT2D eigenvalue weighted by atomic mass is 32.1. The zero-order valence-corrected chi connectivity index (χ0v) is 13.6. The Kier molecular flexibility index (Phi) is 4.90. The van der Waals surface area contributed by atoms with Crippen LogP contribution < -0.4 is 10.6 Å². The predicted octanol–water partition coefficient (Wildman–Crippen LogP) is 2.44. The second kappa shape index (κ2) is 7.27. The van der Waals surface area contributed by atoms with Crippen molar-refractivity contribution in [3.63, 3.8) is 0 Å². The quantitative estimate of drug-likeness (QED) is 0.788. The number of rotatable bonds is 6. The standard InChI is InChI=1S/C17H16N2O4S/c20-15(9-23-17(22)11-7-8-24-10-11)19-14-4-2-1-3-13(14)16(21)18-12-5-6-12/h1-4,7-8,10,12H,5-6,9H2,(H,18,21)(H,19,20). The maximum Gasteiger partial charge on any atom is 0.339 e. The minimum absolute atomic E-state index is 0.219.